The number of aryl methyl sites for hydroxylation is 2. The standard InChI is InChI=1S/C16H24N2O/c1-12-5-6-16-13(8-12)4-3-7-18(16)11-14-9-15(19-2)10-17-14/h5-6,8,14-15,17H,3-4,7,9-11H2,1-2H3. The summed E-state index contributed by atoms with van der Waals surface area (Å²) in [4.78, 5) is 2.55. The largest absolute Gasteiger partial charge is 0.380 e. The van der Waals surface area contributed by atoms with Crippen molar-refractivity contribution in [1.29, 1.82) is 0 Å². The lowest BCUT2D eigenvalue weighted by Gasteiger charge is -2.33. The molecule has 0 saturated carbocycles. The number of methoxy groups -OCH3 is 1. The van der Waals surface area contributed by atoms with Gasteiger partial charge in [-0.3, -0.25) is 0 Å². The van der Waals surface area contributed by atoms with E-state index in [1.807, 2.05) is 7.11 Å². The number of nitrogens with one attached hydrogen (secondary N) is 1. The van der Waals surface area contributed by atoms with Gasteiger partial charge >= 0.3 is 0 Å². The normalized spacial score (nSPS) is 26.5. The van der Waals surface area contributed by atoms with Crippen molar-refractivity contribution in [3.63, 3.8) is 0 Å². The van der Waals surface area contributed by atoms with Crippen LogP contribution in [0.1, 0.15) is 24.0 Å². The molecule has 2 aliphatic heterocycles. The lowest BCUT2D eigenvalue weighted by molar-refractivity contribution is 0.117. The van der Waals surface area contributed by atoms with Crippen LogP contribution in [-0.4, -0.2) is 38.9 Å². The Hall–Kier alpha value is -1.06. The number of nitrogens with zero attached hydrogens (tertiary/aromatic N) is 1. The van der Waals surface area contributed by atoms with Gasteiger partial charge in [0.2, 0.25) is 0 Å². The summed E-state index contributed by atoms with van der Waals surface area (Å²) < 4.78 is 5.43. The first-order valence-electron chi connectivity index (χ1n) is 7.37. The quantitative estimate of drug-likeness (QED) is 0.901. The Morgan fingerprint density at radius 1 is 1.42 bits per heavy atom. The van der Waals surface area contributed by atoms with Crippen molar-refractivity contribution in [1.82, 2.24) is 5.32 Å². The molecular formula is C16H24N2O. The number of hydrogen-bond donors (Lipinski definition) is 1. The van der Waals surface area contributed by atoms with Crippen LogP contribution in [0.15, 0.2) is 18.2 Å². The predicted octanol–water partition coefficient (Wildman–Crippen LogP) is 2.12. The van der Waals surface area contributed by atoms with Crippen molar-refractivity contribution >= 4 is 5.69 Å². The predicted molar refractivity (Wildman–Crippen MR) is 78.9 cm³/mol. The second kappa shape index (κ2) is 5.51. The molecular weight excluding hydrogens is 236 g/mol. The van der Waals surface area contributed by atoms with Gasteiger partial charge in [0.05, 0.1) is 6.10 Å². The first kappa shape index (κ1) is 12.9. The van der Waals surface area contributed by atoms with Crippen LogP contribution in [0.5, 0.6) is 0 Å². The van der Waals surface area contributed by atoms with Gasteiger partial charge in [-0.1, -0.05) is 17.7 Å². The summed E-state index contributed by atoms with van der Waals surface area (Å²) in [6.07, 6.45) is 4.03. The van der Waals surface area contributed by atoms with Crippen molar-refractivity contribution in [2.24, 2.45) is 0 Å². The number of hydrogen-bond acceptors (Lipinski definition) is 3. The minimum absolute atomic E-state index is 0.396. The van der Waals surface area contributed by atoms with Crippen LogP contribution in [0, 0.1) is 6.92 Å². The Morgan fingerprint density at radius 2 is 2.32 bits per heavy atom. The molecule has 1 aromatic carbocycles. The van der Waals surface area contributed by atoms with E-state index < -0.39 is 0 Å². The molecule has 104 valence electrons. The van der Waals surface area contributed by atoms with Crippen LogP contribution in [0.3, 0.4) is 0 Å². The minimum Gasteiger partial charge on any atom is -0.380 e. The highest BCUT2D eigenvalue weighted by molar-refractivity contribution is 5.56. The topological polar surface area (TPSA) is 24.5 Å². The fourth-order valence-corrected chi connectivity index (χ4v) is 3.36. The second-order valence-electron chi connectivity index (χ2n) is 5.88. The molecule has 0 bridgehead atoms. The first-order chi connectivity index (χ1) is 9.26. The van der Waals surface area contributed by atoms with E-state index in [4.69, 9.17) is 4.74 Å². The second-order valence-corrected chi connectivity index (χ2v) is 5.88. The SMILES string of the molecule is COC1CNC(CN2CCCc3cc(C)ccc32)C1. The van der Waals surface area contributed by atoms with E-state index in [0.29, 0.717) is 12.1 Å². The van der Waals surface area contributed by atoms with E-state index in [2.05, 4.69) is 35.3 Å². The molecule has 19 heavy (non-hydrogen) atoms. The Kier molecular flexibility index (Phi) is 3.76. The maximum Gasteiger partial charge on any atom is 0.0711 e. The number of ether oxygens (including phenoxy) is 1. The Morgan fingerprint density at radius 3 is 3.11 bits per heavy atom. The Bertz CT molecular complexity index is 446. The van der Waals surface area contributed by atoms with Crippen LogP contribution in [0.25, 0.3) is 0 Å². The average molecular weight is 260 g/mol. The maximum atomic E-state index is 5.43. The van der Waals surface area contributed by atoms with Crippen molar-refractivity contribution in [2.45, 2.75) is 38.3 Å². The van der Waals surface area contributed by atoms with Crippen LogP contribution >= 0.6 is 0 Å². The van der Waals surface area contributed by atoms with Gasteiger partial charge in [0.25, 0.3) is 0 Å². The fourth-order valence-electron chi connectivity index (χ4n) is 3.36. The first-order valence-corrected chi connectivity index (χ1v) is 7.37. The lowest BCUT2D eigenvalue weighted by atomic mass is 9.99. The van der Waals surface area contributed by atoms with E-state index in [9.17, 15) is 0 Å². The Labute approximate surface area is 115 Å². The van der Waals surface area contributed by atoms with Gasteiger partial charge in [-0.25, -0.2) is 0 Å². The summed E-state index contributed by atoms with van der Waals surface area (Å²) in [6.45, 7) is 5.47. The number of anilines is 1. The zero-order valence-corrected chi connectivity index (χ0v) is 12.0. The van der Waals surface area contributed by atoms with Crippen LogP contribution in [-0.2, 0) is 11.2 Å². The third-order valence-electron chi connectivity index (χ3n) is 4.41. The molecule has 1 saturated heterocycles. The van der Waals surface area contributed by atoms with E-state index in [1.165, 1.54) is 36.2 Å². The molecule has 1 aromatic rings. The van der Waals surface area contributed by atoms with E-state index >= 15 is 0 Å². The van der Waals surface area contributed by atoms with Gasteiger partial charge < -0.3 is 15.0 Å². The Balaban J connectivity index is 1.70. The summed E-state index contributed by atoms with van der Waals surface area (Å²) in [7, 11) is 1.81. The van der Waals surface area contributed by atoms with Gasteiger partial charge in [-0.05, 0) is 37.8 Å². The molecule has 3 rings (SSSR count). The van der Waals surface area contributed by atoms with E-state index in [1.54, 1.807) is 0 Å². The summed E-state index contributed by atoms with van der Waals surface area (Å²) in [5, 5.41) is 3.58. The van der Waals surface area contributed by atoms with Gasteiger partial charge in [-0.15, -0.1) is 0 Å². The number of fused-ring (bicyclic) bond motifs is 1. The summed E-state index contributed by atoms with van der Waals surface area (Å²) in [5.74, 6) is 0. The zero-order chi connectivity index (χ0) is 13.2. The van der Waals surface area contributed by atoms with Gasteiger partial charge in [0, 0.05) is 38.5 Å². The molecule has 2 atom stereocenters. The van der Waals surface area contributed by atoms with Crippen molar-refractivity contribution in [3.8, 4) is 0 Å². The van der Waals surface area contributed by atoms with Crippen molar-refractivity contribution in [2.75, 3.05) is 31.6 Å². The summed E-state index contributed by atoms with van der Waals surface area (Å²) >= 11 is 0. The average Bonchev–Trinajstić information content (AvgIpc) is 2.86. The monoisotopic (exact) mass is 260 g/mol. The minimum atomic E-state index is 0.396. The highest BCUT2D eigenvalue weighted by Gasteiger charge is 2.27. The summed E-state index contributed by atoms with van der Waals surface area (Å²) in [6, 6.07) is 7.45. The molecule has 1 N–H and O–H groups in total. The molecule has 3 heteroatoms. The lowest BCUT2D eigenvalue weighted by Crippen LogP contribution is -2.40. The third kappa shape index (κ3) is 2.77. The molecule has 0 aliphatic carbocycles. The molecule has 0 spiro atoms. The smallest absolute Gasteiger partial charge is 0.0711 e. The maximum absolute atomic E-state index is 5.43. The molecule has 2 unspecified atom stereocenters. The number of benzene rings is 1. The number of rotatable bonds is 3. The fraction of sp³-hybridized carbons (Fsp3) is 0.625. The van der Waals surface area contributed by atoms with Gasteiger partial charge in [0.15, 0.2) is 0 Å². The molecule has 1 fully saturated rings. The van der Waals surface area contributed by atoms with Crippen molar-refractivity contribution < 1.29 is 4.74 Å². The van der Waals surface area contributed by atoms with Gasteiger partial charge in [0.1, 0.15) is 0 Å². The van der Waals surface area contributed by atoms with Crippen LogP contribution in [0.4, 0.5) is 5.69 Å². The highest BCUT2D eigenvalue weighted by atomic mass is 16.5. The molecule has 2 aliphatic rings. The molecule has 0 amide bonds. The highest BCUT2D eigenvalue weighted by Crippen LogP contribution is 2.28. The molecule has 2 heterocycles. The van der Waals surface area contributed by atoms with E-state index in [-0.39, 0.29) is 0 Å². The molecule has 0 radical (unpaired) electrons. The molecule has 3 nitrogen and oxygen atoms in total. The van der Waals surface area contributed by atoms with Crippen molar-refractivity contribution in [3.05, 3.63) is 29.3 Å². The third-order valence-corrected chi connectivity index (χ3v) is 4.41. The zero-order valence-electron chi connectivity index (χ0n) is 12.0. The van der Waals surface area contributed by atoms with Gasteiger partial charge in [-0.2, -0.15) is 0 Å². The molecule has 0 aromatic heterocycles. The summed E-state index contributed by atoms with van der Waals surface area (Å²) in [5.41, 5.74) is 4.34. The van der Waals surface area contributed by atoms with E-state index in [0.717, 1.165) is 19.5 Å². The van der Waals surface area contributed by atoms with Crippen LogP contribution < -0.4 is 10.2 Å². The van der Waals surface area contributed by atoms with Crippen LogP contribution in [0.2, 0.25) is 0 Å².